The summed E-state index contributed by atoms with van der Waals surface area (Å²) in [6.45, 7) is 3.08. The molecule has 0 aliphatic rings. The molecule has 0 spiro atoms. The first-order valence-corrected chi connectivity index (χ1v) is 5.14. The third-order valence-corrected chi connectivity index (χ3v) is 2.15. The number of unbranched alkanes of at least 4 members (excludes halogenated alkanes) is 1. The molecule has 0 amide bonds. The number of pyridine rings is 1. The Morgan fingerprint density at radius 3 is 3.07 bits per heavy atom. The van der Waals surface area contributed by atoms with Crippen molar-refractivity contribution in [3.63, 3.8) is 0 Å². The first kappa shape index (κ1) is 10.9. The van der Waals surface area contributed by atoms with E-state index in [0.717, 1.165) is 30.6 Å². The molecule has 0 unspecified atom stereocenters. The summed E-state index contributed by atoms with van der Waals surface area (Å²) in [5.74, 6) is 0. The highest BCUT2D eigenvalue weighted by atomic mass is 32.1. The average Bonchev–Trinajstić information content (AvgIpc) is 2.19. The van der Waals surface area contributed by atoms with Gasteiger partial charge in [-0.3, -0.25) is 4.98 Å². The summed E-state index contributed by atoms with van der Waals surface area (Å²) in [6, 6.07) is 1.83. The number of hydrogen-bond acceptors (Lipinski definition) is 3. The summed E-state index contributed by atoms with van der Waals surface area (Å²) in [5, 5.41) is 3.27. The Labute approximate surface area is 89.7 Å². The Morgan fingerprint density at radius 1 is 1.64 bits per heavy atom. The second kappa shape index (κ2) is 5.54. The second-order valence-electron chi connectivity index (χ2n) is 3.07. The molecule has 1 aromatic heterocycles. The van der Waals surface area contributed by atoms with Crippen LogP contribution in [0.1, 0.15) is 25.3 Å². The minimum atomic E-state index is 0.409. The van der Waals surface area contributed by atoms with E-state index in [1.807, 2.05) is 6.07 Å². The van der Waals surface area contributed by atoms with Crippen LogP contribution in [-0.2, 0) is 0 Å². The van der Waals surface area contributed by atoms with Crippen molar-refractivity contribution >= 4 is 22.9 Å². The van der Waals surface area contributed by atoms with Crippen LogP contribution < -0.4 is 11.1 Å². The first-order valence-electron chi connectivity index (χ1n) is 4.73. The molecular formula is C10H15N3S. The summed E-state index contributed by atoms with van der Waals surface area (Å²) in [6.07, 6.45) is 5.74. The van der Waals surface area contributed by atoms with E-state index in [2.05, 4.69) is 17.2 Å². The number of thiocarbonyl (C=S) groups is 1. The maximum atomic E-state index is 5.58. The van der Waals surface area contributed by atoms with Crippen molar-refractivity contribution in [2.24, 2.45) is 5.73 Å². The lowest BCUT2D eigenvalue weighted by atomic mass is 10.2. The van der Waals surface area contributed by atoms with E-state index < -0.39 is 0 Å². The summed E-state index contributed by atoms with van der Waals surface area (Å²) in [5.41, 5.74) is 7.37. The molecule has 4 heteroatoms. The van der Waals surface area contributed by atoms with Crippen LogP contribution in [-0.4, -0.2) is 16.5 Å². The number of nitrogens with two attached hydrogens (primary N) is 1. The molecule has 0 atom stereocenters. The molecule has 76 valence electrons. The average molecular weight is 209 g/mol. The number of anilines is 1. The van der Waals surface area contributed by atoms with Crippen molar-refractivity contribution in [3.05, 3.63) is 24.0 Å². The predicted octanol–water partition coefficient (Wildman–Crippen LogP) is 1.93. The second-order valence-corrected chi connectivity index (χ2v) is 3.51. The Bertz CT molecular complexity index is 312. The molecule has 0 bridgehead atoms. The normalized spacial score (nSPS) is 9.79. The van der Waals surface area contributed by atoms with Crippen LogP contribution >= 0.6 is 12.2 Å². The van der Waals surface area contributed by atoms with Crippen LogP contribution in [0.4, 0.5) is 5.69 Å². The van der Waals surface area contributed by atoms with Gasteiger partial charge in [-0.15, -0.1) is 0 Å². The maximum absolute atomic E-state index is 5.58. The van der Waals surface area contributed by atoms with Gasteiger partial charge in [-0.25, -0.2) is 0 Å². The van der Waals surface area contributed by atoms with Crippen LogP contribution in [0.15, 0.2) is 18.5 Å². The molecule has 0 aliphatic carbocycles. The third kappa shape index (κ3) is 2.96. The van der Waals surface area contributed by atoms with Crippen LogP contribution in [0.3, 0.4) is 0 Å². The van der Waals surface area contributed by atoms with Crippen molar-refractivity contribution in [3.8, 4) is 0 Å². The highest BCUT2D eigenvalue weighted by molar-refractivity contribution is 7.80. The molecule has 1 aromatic rings. The Morgan fingerprint density at radius 2 is 2.43 bits per heavy atom. The zero-order chi connectivity index (χ0) is 10.4. The lowest BCUT2D eigenvalue weighted by molar-refractivity contribution is 0.833. The van der Waals surface area contributed by atoms with Crippen molar-refractivity contribution in [2.45, 2.75) is 19.8 Å². The minimum Gasteiger partial charge on any atom is -0.389 e. The molecule has 14 heavy (non-hydrogen) atoms. The first-order chi connectivity index (χ1) is 6.75. The van der Waals surface area contributed by atoms with Crippen LogP contribution in [0, 0.1) is 0 Å². The molecule has 0 fully saturated rings. The van der Waals surface area contributed by atoms with E-state index in [9.17, 15) is 0 Å². The molecule has 3 nitrogen and oxygen atoms in total. The van der Waals surface area contributed by atoms with E-state index in [1.54, 1.807) is 12.4 Å². The van der Waals surface area contributed by atoms with E-state index >= 15 is 0 Å². The van der Waals surface area contributed by atoms with E-state index in [-0.39, 0.29) is 0 Å². The van der Waals surface area contributed by atoms with Gasteiger partial charge in [0.05, 0.1) is 11.9 Å². The largest absolute Gasteiger partial charge is 0.389 e. The number of nitrogens with zero attached hydrogens (tertiary/aromatic N) is 1. The topological polar surface area (TPSA) is 50.9 Å². The minimum absolute atomic E-state index is 0.409. The van der Waals surface area contributed by atoms with Crippen molar-refractivity contribution in [2.75, 3.05) is 11.9 Å². The molecule has 0 saturated carbocycles. The summed E-state index contributed by atoms with van der Waals surface area (Å²) >= 11 is 4.94. The number of hydrogen-bond donors (Lipinski definition) is 2. The molecule has 0 aliphatic heterocycles. The summed E-state index contributed by atoms with van der Waals surface area (Å²) in [4.78, 5) is 4.44. The molecule has 0 radical (unpaired) electrons. The molecule has 0 aromatic carbocycles. The van der Waals surface area contributed by atoms with Crippen LogP contribution in [0.25, 0.3) is 0 Å². The van der Waals surface area contributed by atoms with Crippen molar-refractivity contribution in [1.82, 2.24) is 4.98 Å². The Kier molecular flexibility index (Phi) is 4.32. The van der Waals surface area contributed by atoms with Gasteiger partial charge in [0.1, 0.15) is 4.99 Å². The standard InChI is InChI=1S/C10H15N3S/c1-2-3-5-13-9-7-12-6-4-8(9)10(11)14/h4,6-7,13H,2-3,5H2,1H3,(H2,11,14). The molecule has 1 heterocycles. The van der Waals surface area contributed by atoms with Gasteiger partial charge in [0.15, 0.2) is 0 Å². The van der Waals surface area contributed by atoms with Gasteiger partial charge in [-0.05, 0) is 12.5 Å². The highest BCUT2D eigenvalue weighted by Crippen LogP contribution is 2.12. The highest BCUT2D eigenvalue weighted by Gasteiger charge is 2.03. The fourth-order valence-electron chi connectivity index (χ4n) is 1.15. The zero-order valence-corrected chi connectivity index (χ0v) is 9.10. The number of nitrogens with one attached hydrogen (secondary N) is 1. The zero-order valence-electron chi connectivity index (χ0n) is 8.29. The van der Waals surface area contributed by atoms with Crippen LogP contribution in [0.2, 0.25) is 0 Å². The SMILES string of the molecule is CCCCNc1cnccc1C(N)=S. The van der Waals surface area contributed by atoms with Gasteiger partial charge in [0.25, 0.3) is 0 Å². The maximum Gasteiger partial charge on any atom is 0.106 e. The summed E-state index contributed by atoms with van der Waals surface area (Å²) in [7, 11) is 0. The van der Waals surface area contributed by atoms with Gasteiger partial charge in [-0.1, -0.05) is 25.6 Å². The van der Waals surface area contributed by atoms with Gasteiger partial charge in [0.2, 0.25) is 0 Å². The number of rotatable bonds is 5. The molecule has 0 saturated heterocycles. The molecule has 3 N–H and O–H groups in total. The number of aromatic nitrogens is 1. The predicted molar refractivity (Wildman–Crippen MR) is 63.5 cm³/mol. The van der Waals surface area contributed by atoms with Gasteiger partial charge < -0.3 is 11.1 Å². The smallest absolute Gasteiger partial charge is 0.106 e. The third-order valence-electron chi connectivity index (χ3n) is 1.93. The van der Waals surface area contributed by atoms with Crippen molar-refractivity contribution < 1.29 is 0 Å². The lowest BCUT2D eigenvalue weighted by Gasteiger charge is -2.09. The van der Waals surface area contributed by atoms with Gasteiger partial charge in [0, 0.05) is 18.3 Å². The van der Waals surface area contributed by atoms with E-state index in [0.29, 0.717) is 4.99 Å². The van der Waals surface area contributed by atoms with E-state index in [4.69, 9.17) is 18.0 Å². The van der Waals surface area contributed by atoms with E-state index in [1.165, 1.54) is 0 Å². The van der Waals surface area contributed by atoms with Gasteiger partial charge >= 0.3 is 0 Å². The Hall–Kier alpha value is -1.16. The monoisotopic (exact) mass is 209 g/mol. The summed E-state index contributed by atoms with van der Waals surface area (Å²) < 4.78 is 0. The van der Waals surface area contributed by atoms with Crippen molar-refractivity contribution in [1.29, 1.82) is 0 Å². The van der Waals surface area contributed by atoms with Gasteiger partial charge in [-0.2, -0.15) is 0 Å². The quantitative estimate of drug-likeness (QED) is 0.574. The molecule has 1 rings (SSSR count). The van der Waals surface area contributed by atoms with Crippen LogP contribution in [0.5, 0.6) is 0 Å². The fraction of sp³-hybridized carbons (Fsp3) is 0.400. The Balaban J connectivity index is 2.69. The molecular weight excluding hydrogens is 194 g/mol. The lowest BCUT2D eigenvalue weighted by Crippen LogP contribution is -2.13. The fourth-order valence-corrected chi connectivity index (χ4v) is 1.33.